The zero-order valence-electron chi connectivity index (χ0n) is 18.6. The van der Waals surface area contributed by atoms with Crippen molar-refractivity contribution in [3.8, 4) is 0 Å². The first-order valence-corrected chi connectivity index (χ1v) is 10.9. The molecule has 2 aliphatic rings. The lowest BCUT2D eigenvalue weighted by Gasteiger charge is -2.43. The molecule has 4 N–H and O–H groups in total. The number of ketones is 1. The molecule has 0 aromatic heterocycles. The molecular weight excluding hydrogens is 394 g/mol. The van der Waals surface area contributed by atoms with Gasteiger partial charge in [0.15, 0.2) is 11.4 Å². The van der Waals surface area contributed by atoms with Crippen LogP contribution in [0, 0.1) is 17.8 Å². The van der Waals surface area contributed by atoms with Crippen LogP contribution in [0.25, 0.3) is 0 Å². The van der Waals surface area contributed by atoms with Crippen molar-refractivity contribution in [1.29, 1.82) is 0 Å². The Morgan fingerprint density at radius 1 is 1.19 bits per heavy atom. The summed E-state index contributed by atoms with van der Waals surface area (Å²) < 4.78 is 0. The highest BCUT2D eigenvalue weighted by molar-refractivity contribution is 5.90. The minimum Gasteiger partial charge on any atom is -0.388 e. The van der Waals surface area contributed by atoms with Crippen molar-refractivity contribution in [3.63, 3.8) is 0 Å². The molecule has 1 aliphatic heterocycles. The van der Waals surface area contributed by atoms with Crippen LogP contribution < -0.4 is 5.32 Å². The molecule has 0 bridgehead atoms. The van der Waals surface area contributed by atoms with Gasteiger partial charge >= 0.3 is 0 Å². The van der Waals surface area contributed by atoms with Gasteiger partial charge < -0.3 is 20.6 Å². The summed E-state index contributed by atoms with van der Waals surface area (Å²) >= 11 is 0. The summed E-state index contributed by atoms with van der Waals surface area (Å²) in [4.78, 5) is 25.0. The molecular formula is C25H33NO5. The Morgan fingerprint density at radius 2 is 1.84 bits per heavy atom. The second kappa shape index (κ2) is 9.07. The van der Waals surface area contributed by atoms with Gasteiger partial charge in [0.2, 0.25) is 0 Å². The third kappa shape index (κ3) is 4.25. The lowest BCUT2D eigenvalue weighted by Crippen LogP contribution is -2.56. The molecule has 1 aliphatic carbocycles. The summed E-state index contributed by atoms with van der Waals surface area (Å²) in [5.41, 5.74) is 0.881. The number of Topliss-reactive ketones (excluding diaryl/α,β-unsaturated/α-hetero) is 1. The highest BCUT2D eigenvalue weighted by Crippen LogP contribution is 2.48. The number of hydrogen-bond acceptors (Lipinski definition) is 5. The van der Waals surface area contributed by atoms with Crippen molar-refractivity contribution in [1.82, 2.24) is 5.32 Å². The highest BCUT2D eigenvalue weighted by Gasteiger charge is 2.62. The van der Waals surface area contributed by atoms with Gasteiger partial charge in [0.25, 0.3) is 5.91 Å². The standard InChI is InChI=1S/C25H33NO5/c1-14(22(28)17(4)27)9-8-12-19-23(29)16(3)15(2)21-20(26-24(30)25(19,21)31)13-18-10-6-5-7-11-18/h5-8,10-12,14,17,19-21,23,27,29,31H,9,13H2,1-4H3,(H,26,30)/t14-,17-,19-,20-,21-,23+,25+/m0/s1. The maximum Gasteiger partial charge on any atom is 0.253 e. The van der Waals surface area contributed by atoms with Crippen LogP contribution in [0.15, 0.2) is 53.6 Å². The molecule has 0 unspecified atom stereocenters. The second-order valence-corrected chi connectivity index (χ2v) is 9.05. The fourth-order valence-electron chi connectivity index (χ4n) is 5.04. The number of amides is 1. The molecule has 0 saturated carbocycles. The Labute approximate surface area is 183 Å². The summed E-state index contributed by atoms with van der Waals surface area (Å²) in [5.74, 6) is -2.43. The third-order valence-corrected chi connectivity index (χ3v) is 6.97. The normalized spacial score (nSPS) is 32.7. The number of rotatable bonds is 7. The number of aliphatic hydroxyl groups is 3. The van der Waals surface area contributed by atoms with E-state index >= 15 is 0 Å². The Morgan fingerprint density at radius 3 is 2.45 bits per heavy atom. The number of nitrogens with one attached hydrogen (secondary N) is 1. The molecule has 1 saturated heterocycles. The summed E-state index contributed by atoms with van der Waals surface area (Å²) in [6, 6.07) is 9.52. The lowest BCUT2D eigenvalue weighted by atomic mass is 9.63. The monoisotopic (exact) mass is 427 g/mol. The van der Waals surface area contributed by atoms with E-state index in [1.807, 2.05) is 44.2 Å². The number of aliphatic hydroxyl groups excluding tert-OH is 2. The van der Waals surface area contributed by atoms with Crippen LogP contribution in [0.4, 0.5) is 0 Å². The van der Waals surface area contributed by atoms with Crippen molar-refractivity contribution in [2.75, 3.05) is 0 Å². The first-order valence-electron chi connectivity index (χ1n) is 10.9. The molecule has 31 heavy (non-hydrogen) atoms. The van der Waals surface area contributed by atoms with Crippen LogP contribution in [0.1, 0.15) is 39.7 Å². The Balaban J connectivity index is 1.89. The minimum absolute atomic E-state index is 0.265. The zero-order chi connectivity index (χ0) is 22.9. The first-order chi connectivity index (χ1) is 14.6. The summed E-state index contributed by atoms with van der Waals surface area (Å²) in [6.45, 7) is 6.87. The van der Waals surface area contributed by atoms with Gasteiger partial charge in [-0.25, -0.2) is 0 Å². The molecule has 1 aromatic rings. The second-order valence-electron chi connectivity index (χ2n) is 9.05. The molecule has 1 aromatic carbocycles. The molecule has 1 heterocycles. The van der Waals surface area contributed by atoms with Crippen molar-refractivity contribution >= 4 is 11.7 Å². The van der Waals surface area contributed by atoms with E-state index in [2.05, 4.69) is 5.32 Å². The van der Waals surface area contributed by atoms with Crippen molar-refractivity contribution in [2.24, 2.45) is 17.8 Å². The van der Waals surface area contributed by atoms with E-state index in [9.17, 15) is 24.9 Å². The Kier molecular flexibility index (Phi) is 6.84. The van der Waals surface area contributed by atoms with E-state index in [0.717, 1.165) is 16.7 Å². The molecule has 6 heteroatoms. The topological polar surface area (TPSA) is 107 Å². The van der Waals surface area contributed by atoms with E-state index in [1.54, 1.807) is 19.1 Å². The Hall–Kier alpha value is -2.28. The number of fused-ring (bicyclic) bond motifs is 1. The van der Waals surface area contributed by atoms with Crippen LogP contribution >= 0.6 is 0 Å². The van der Waals surface area contributed by atoms with E-state index in [4.69, 9.17) is 0 Å². The predicted molar refractivity (Wildman–Crippen MR) is 118 cm³/mol. The van der Waals surface area contributed by atoms with Gasteiger partial charge in [0.05, 0.1) is 6.10 Å². The van der Waals surface area contributed by atoms with Crippen LogP contribution in [-0.4, -0.2) is 50.9 Å². The molecule has 1 fully saturated rings. The average Bonchev–Trinajstić information content (AvgIpc) is 2.99. The van der Waals surface area contributed by atoms with Gasteiger partial charge in [0.1, 0.15) is 6.10 Å². The number of allylic oxidation sites excluding steroid dienone is 1. The van der Waals surface area contributed by atoms with Crippen LogP contribution in [0.5, 0.6) is 0 Å². The fraction of sp³-hybridized carbons (Fsp3) is 0.520. The van der Waals surface area contributed by atoms with Gasteiger partial charge in [-0.1, -0.05) is 55.0 Å². The van der Waals surface area contributed by atoms with Crippen molar-refractivity contribution in [3.05, 3.63) is 59.2 Å². The molecule has 1 amide bonds. The van der Waals surface area contributed by atoms with Gasteiger partial charge in [0, 0.05) is 23.8 Å². The highest BCUT2D eigenvalue weighted by atomic mass is 16.3. The van der Waals surface area contributed by atoms with E-state index in [-0.39, 0.29) is 11.8 Å². The number of carbonyl (C=O) groups excluding carboxylic acids is 2. The molecule has 3 rings (SSSR count). The molecule has 168 valence electrons. The molecule has 0 spiro atoms. The summed E-state index contributed by atoms with van der Waals surface area (Å²) in [7, 11) is 0. The van der Waals surface area contributed by atoms with E-state index in [1.165, 1.54) is 6.92 Å². The maximum absolute atomic E-state index is 13.0. The largest absolute Gasteiger partial charge is 0.388 e. The Bertz CT molecular complexity index is 890. The van der Waals surface area contributed by atoms with Crippen molar-refractivity contribution in [2.45, 2.75) is 64.4 Å². The van der Waals surface area contributed by atoms with Crippen LogP contribution in [0.3, 0.4) is 0 Å². The van der Waals surface area contributed by atoms with Gasteiger partial charge in [-0.05, 0) is 44.7 Å². The molecule has 0 radical (unpaired) electrons. The van der Waals surface area contributed by atoms with Gasteiger partial charge in [-0.15, -0.1) is 0 Å². The average molecular weight is 428 g/mol. The lowest BCUT2D eigenvalue weighted by molar-refractivity contribution is -0.147. The number of carbonyl (C=O) groups is 2. The summed E-state index contributed by atoms with van der Waals surface area (Å²) in [6.07, 6.45) is 2.27. The summed E-state index contributed by atoms with van der Waals surface area (Å²) in [5, 5.41) is 35.0. The SMILES string of the molecule is CC1=C(C)[C@H]2[C@H](Cc3ccccc3)NC(=O)[C@@]2(O)[C@@H](C=CC[C@H](C)C(=O)[C@H](C)O)[C@@H]1O. The molecule has 6 nitrogen and oxygen atoms in total. The number of hydrogen-bond donors (Lipinski definition) is 4. The van der Waals surface area contributed by atoms with Crippen LogP contribution in [-0.2, 0) is 16.0 Å². The van der Waals surface area contributed by atoms with Crippen LogP contribution in [0.2, 0.25) is 0 Å². The van der Waals surface area contributed by atoms with Gasteiger partial charge in [-0.3, -0.25) is 9.59 Å². The van der Waals surface area contributed by atoms with E-state index < -0.39 is 41.5 Å². The van der Waals surface area contributed by atoms with Gasteiger partial charge in [-0.2, -0.15) is 0 Å². The predicted octanol–water partition coefficient (Wildman–Crippen LogP) is 1.93. The van der Waals surface area contributed by atoms with Crippen molar-refractivity contribution < 1.29 is 24.9 Å². The quantitative estimate of drug-likeness (QED) is 0.498. The maximum atomic E-state index is 13.0. The fourth-order valence-corrected chi connectivity index (χ4v) is 5.04. The smallest absolute Gasteiger partial charge is 0.253 e. The number of benzene rings is 1. The first kappa shape index (κ1) is 23.4. The minimum atomic E-state index is -1.77. The zero-order valence-corrected chi connectivity index (χ0v) is 18.6. The van der Waals surface area contributed by atoms with E-state index in [0.29, 0.717) is 12.8 Å². The molecule has 7 atom stereocenters. The third-order valence-electron chi connectivity index (χ3n) is 6.97.